The maximum absolute atomic E-state index is 13.0. The van der Waals surface area contributed by atoms with Crippen molar-refractivity contribution in [1.29, 1.82) is 0 Å². The molecule has 2 heterocycles. The Morgan fingerprint density at radius 3 is 3.23 bits per heavy atom. The molecule has 0 radical (unpaired) electrons. The molecule has 1 aliphatic rings. The van der Waals surface area contributed by atoms with Crippen molar-refractivity contribution < 1.29 is 9.13 Å². The second-order valence-electron chi connectivity index (χ2n) is 3.02. The molecule has 0 saturated carbocycles. The van der Waals surface area contributed by atoms with Gasteiger partial charge in [-0.3, -0.25) is 0 Å². The van der Waals surface area contributed by atoms with Crippen LogP contribution in [0.25, 0.3) is 0 Å². The number of hydrogen-bond donors (Lipinski definition) is 1. The first-order valence-corrected chi connectivity index (χ1v) is 4.34. The second kappa shape index (κ2) is 3.70. The number of pyridine rings is 1. The zero-order chi connectivity index (χ0) is 9.10. The van der Waals surface area contributed by atoms with Gasteiger partial charge in [0.25, 0.3) is 5.88 Å². The monoisotopic (exact) mass is 182 g/mol. The highest BCUT2D eigenvalue weighted by Crippen LogP contribution is 2.15. The van der Waals surface area contributed by atoms with Gasteiger partial charge in [0.05, 0.1) is 0 Å². The van der Waals surface area contributed by atoms with Gasteiger partial charge in [-0.05, 0) is 25.1 Å². The first-order valence-electron chi connectivity index (χ1n) is 4.34. The summed E-state index contributed by atoms with van der Waals surface area (Å²) in [6.07, 6.45) is 2.50. The quantitative estimate of drug-likeness (QED) is 0.739. The molecule has 1 aliphatic heterocycles. The van der Waals surface area contributed by atoms with Gasteiger partial charge in [-0.15, -0.1) is 0 Å². The summed E-state index contributed by atoms with van der Waals surface area (Å²) in [6, 6.07) is 2.90. The molecule has 0 spiro atoms. The number of hydrogen-bond acceptors (Lipinski definition) is 3. The Hall–Kier alpha value is -1.16. The van der Waals surface area contributed by atoms with E-state index in [1.165, 1.54) is 12.3 Å². The van der Waals surface area contributed by atoms with Crippen molar-refractivity contribution in [3.05, 3.63) is 24.1 Å². The largest absolute Gasteiger partial charge is 0.471 e. The molecule has 1 N–H and O–H groups in total. The van der Waals surface area contributed by atoms with Crippen LogP contribution in [0, 0.1) is 5.82 Å². The van der Waals surface area contributed by atoms with Crippen molar-refractivity contribution in [2.75, 3.05) is 13.1 Å². The molecule has 0 aliphatic carbocycles. The molecule has 13 heavy (non-hydrogen) atoms. The third-order valence-electron chi connectivity index (χ3n) is 2.02. The van der Waals surface area contributed by atoms with E-state index >= 15 is 0 Å². The molecule has 1 fully saturated rings. The van der Waals surface area contributed by atoms with Crippen LogP contribution in [0.3, 0.4) is 0 Å². The SMILES string of the molecule is Fc1cccnc1O[C@@H]1CCNC1. The van der Waals surface area contributed by atoms with Gasteiger partial charge in [0.1, 0.15) is 6.10 Å². The third-order valence-corrected chi connectivity index (χ3v) is 2.02. The Morgan fingerprint density at radius 1 is 1.62 bits per heavy atom. The van der Waals surface area contributed by atoms with Gasteiger partial charge in [0, 0.05) is 12.7 Å². The summed E-state index contributed by atoms with van der Waals surface area (Å²) in [7, 11) is 0. The lowest BCUT2D eigenvalue weighted by molar-refractivity contribution is 0.203. The second-order valence-corrected chi connectivity index (χ2v) is 3.02. The van der Waals surface area contributed by atoms with Crippen LogP contribution in [0.5, 0.6) is 5.88 Å². The van der Waals surface area contributed by atoms with E-state index in [0.29, 0.717) is 0 Å². The number of aromatic nitrogens is 1. The number of ether oxygens (including phenoxy) is 1. The summed E-state index contributed by atoms with van der Waals surface area (Å²) < 4.78 is 18.4. The topological polar surface area (TPSA) is 34.1 Å². The molecule has 1 aromatic rings. The van der Waals surface area contributed by atoms with E-state index in [0.717, 1.165) is 19.5 Å². The number of halogens is 1. The minimum Gasteiger partial charge on any atom is -0.471 e. The van der Waals surface area contributed by atoms with Crippen molar-refractivity contribution in [3.63, 3.8) is 0 Å². The van der Waals surface area contributed by atoms with Crippen LogP contribution >= 0.6 is 0 Å². The van der Waals surface area contributed by atoms with Crippen molar-refractivity contribution in [1.82, 2.24) is 10.3 Å². The standard InChI is InChI=1S/C9H11FN2O/c10-8-2-1-4-12-9(8)13-7-3-5-11-6-7/h1-2,4,7,11H,3,5-6H2/t7-/m1/s1. The van der Waals surface area contributed by atoms with Crippen molar-refractivity contribution in [2.45, 2.75) is 12.5 Å². The smallest absolute Gasteiger partial charge is 0.250 e. The van der Waals surface area contributed by atoms with E-state index in [4.69, 9.17) is 4.74 Å². The lowest BCUT2D eigenvalue weighted by Crippen LogP contribution is -2.20. The lowest BCUT2D eigenvalue weighted by Gasteiger charge is -2.11. The highest BCUT2D eigenvalue weighted by Gasteiger charge is 2.17. The Balaban J connectivity index is 2.04. The minimum absolute atomic E-state index is 0.0596. The van der Waals surface area contributed by atoms with Gasteiger partial charge in [-0.1, -0.05) is 0 Å². The Morgan fingerprint density at radius 2 is 2.54 bits per heavy atom. The summed E-state index contributed by atoms with van der Waals surface area (Å²) in [4.78, 5) is 3.82. The maximum atomic E-state index is 13.0. The fraction of sp³-hybridized carbons (Fsp3) is 0.444. The van der Waals surface area contributed by atoms with Gasteiger partial charge in [-0.2, -0.15) is 0 Å². The highest BCUT2D eigenvalue weighted by atomic mass is 19.1. The molecule has 0 bridgehead atoms. The summed E-state index contributed by atoms with van der Waals surface area (Å²) in [5.74, 6) is -0.286. The molecule has 0 aromatic carbocycles. The van der Waals surface area contributed by atoms with Gasteiger partial charge in [-0.25, -0.2) is 9.37 Å². The molecule has 0 unspecified atom stereocenters. The summed E-state index contributed by atoms with van der Waals surface area (Å²) in [5.41, 5.74) is 0. The van der Waals surface area contributed by atoms with Crippen LogP contribution in [0.15, 0.2) is 18.3 Å². The summed E-state index contributed by atoms with van der Waals surface area (Å²) in [6.45, 7) is 1.70. The van der Waals surface area contributed by atoms with Gasteiger partial charge < -0.3 is 10.1 Å². The molecule has 1 aromatic heterocycles. The predicted molar refractivity (Wildman–Crippen MR) is 46.1 cm³/mol. The van der Waals surface area contributed by atoms with Crippen molar-refractivity contribution in [2.24, 2.45) is 0 Å². The number of nitrogens with one attached hydrogen (secondary N) is 1. The zero-order valence-corrected chi connectivity index (χ0v) is 7.16. The van der Waals surface area contributed by atoms with Gasteiger partial charge >= 0.3 is 0 Å². The Bertz CT molecular complexity index is 287. The van der Waals surface area contributed by atoms with Crippen LogP contribution in [-0.2, 0) is 0 Å². The summed E-state index contributed by atoms with van der Waals surface area (Å²) >= 11 is 0. The zero-order valence-electron chi connectivity index (χ0n) is 7.16. The molecular formula is C9H11FN2O. The minimum atomic E-state index is -0.394. The van der Waals surface area contributed by atoms with E-state index in [1.54, 1.807) is 6.07 Å². The molecule has 3 nitrogen and oxygen atoms in total. The van der Waals surface area contributed by atoms with Crippen LogP contribution in [0.2, 0.25) is 0 Å². The molecule has 2 rings (SSSR count). The van der Waals surface area contributed by atoms with Crippen LogP contribution < -0.4 is 10.1 Å². The predicted octanol–water partition coefficient (Wildman–Crippen LogP) is 0.961. The number of nitrogens with zero attached hydrogens (tertiary/aromatic N) is 1. The molecule has 70 valence electrons. The molecule has 1 saturated heterocycles. The molecule has 0 amide bonds. The molecular weight excluding hydrogens is 171 g/mol. The Labute approximate surface area is 75.9 Å². The van der Waals surface area contributed by atoms with Crippen molar-refractivity contribution >= 4 is 0 Å². The van der Waals surface area contributed by atoms with E-state index in [9.17, 15) is 4.39 Å². The molecule has 1 atom stereocenters. The average molecular weight is 182 g/mol. The van der Waals surface area contributed by atoms with Crippen molar-refractivity contribution in [3.8, 4) is 5.88 Å². The average Bonchev–Trinajstić information content (AvgIpc) is 2.61. The van der Waals surface area contributed by atoms with Crippen LogP contribution in [0.1, 0.15) is 6.42 Å². The van der Waals surface area contributed by atoms with Crippen LogP contribution in [-0.4, -0.2) is 24.2 Å². The normalized spacial score (nSPS) is 21.8. The van der Waals surface area contributed by atoms with E-state index in [1.807, 2.05) is 0 Å². The van der Waals surface area contributed by atoms with Gasteiger partial charge in [0.15, 0.2) is 5.82 Å². The Kier molecular flexibility index (Phi) is 2.40. The first kappa shape index (κ1) is 8.44. The first-order chi connectivity index (χ1) is 6.36. The van der Waals surface area contributed by atoms with E-state index in [2.05, 4.69) is 10.3 Å². The molecule has 4 heteroatoms. The maximum Gasteiger partial charge on any atom is 0.250 e. The van der Waals surface area contributed by atoms with E-state index < -0.39 is 5.82 Å². The van der Waals surface area contributed by atoms with Crippen LogP contribution in [0.4, 0.5) is 4.39 Å². The fourth-order valence-corrected chi connectivity index (χ4v) is 1.34. The third kappa shape index (κ3) is 1.95. The summed E-state index contributed by atoms with van der Waals surface area (Å²) in [5, 5.41) is 3.14. The lowest BCUT2D eigenvalue weighted by atomic mass is 10.3. The van der Waals surface area contributed by atoms with Gasteiger partial charge in [0.2, 0.25) is 0 Å². The fourth-order valence-electron chi connectivity index (χ4n) is 1.34. The number of rotatable bonds is 2. The van der Waals surface area contributed by atoms with E-state index in [-0.39, 0.29) is 12.0 Å². The highest BCUT2D eigenvalue weighted by molar-refractivity contribution is 5.13.